The van der Waals surface area contributed by atoms with Crippen molar-refractivity contribution in [2.24, 2.45) is 0 Å². The highest BCUT2D eigenvalue weighted by Crippen LogP contribution is 2.62. The molecule has 1 spiro atoms. The van der Waals surface area contributed by atoms with Gasteiger partial charge in [-0.25, -0.2) is 0 Å². The lowest BCUT2D eigenvalue weighted by Crippen LogP contribution is -2.48. The fourth-order valence-corrected chi connectivity index (χ4v) is 5.59. The Kier molecular flexibility index (Phi) is 4.11. The Labute approximate surface area is 103 Å². The van der Waals surface area contributed by atoms with Gasteiger partial charge in [-0.15, -0.1) is 0 Å². The van der Waals surface area contributed by atoms with E-state index in [9.17, 15) is 4.57 Å². The van der Waals surface area contributed by atoms with Crippen molar-refractivity contribution in [1.29, 1.82) is 0 Å². The van der Waals surface area contributed by atoms with Crippen molar-refractivity contribution in [3.8, 4) is 0 Å². The van der Waals surface area contributed by atoms with Crippen molar-refractivity contribution >= 4 is 34.6 Å². The van der Waals surface area contributed by atoms with E-state index in [1.807, 2.05) is 6.66 Å². The van der Waals surface area contributed by atoms with Gasteiger partial charge < -0.3 is 13.8 Å². The van der Waals surface area contributed by atoms with Crippen LogP contribution in [-0.4, -0.2) is 51.2 Å². The van der Waals surface area contributed by atoms with Crippen LogP contribution in [0.15, 0.2) is 0 Å². The summed E-state index contributed by atoms with van der Waals surface area (Å²) in [6.45, 7) is 1.44. The average molecular weight is 280 g/mol. The largest absolute Gasteiger partial charge is 0.375 e. The third-order valence-corrected chi connectivity index (χ3v) is 7.08. The molecule has 2 aliphatic rings. The average Bonchev–Trinajstić information content (AvgIpc) is 2.50. The van der Waals surface area contributed by atoms with Crippen LogP contribution in [0.4, 0.5) is 0 Å². The highest BCUT2D eigenvalue weighted by molar-refractivity contribution is 8.56. The quantitative estimate of drug-likeness (QED) is 0.570. The molecule has 5 atom stereocenters. The summed E-state index contributed by atoms with van der Waals surface area (Å²) in [4.78, 5) is 0. The molecule has 2 heterocycles. The summed E-state index contributed by atoms with van der Waals surface area (Å²) in [6, 6.07) is -0.306. The van der Waals surface area contributed by atoms with Gasteiger partial charge >= 0.3 is 0 Å². The molecule has 0 N–H and O–H groups in total. The molecule has 2 saturated heterocycles. The second kappa shape index (κ2) is 4.91. The minimum Gasteiger partial charge on any atom is -0.375 e. The molecule has 0 aliphatic carbocycles. The van der Waals surface area contributed by atoms with E-state index in [2.05, 4.69) is 0 Å². The van der Waals surface area contributed by atoms with Gasteiger partial charge in [-0.05, 0) is 13.1 Å². The van der Waals surface area contributed by atoms with E-state index in [1.54, 1.807) is 6.66 Å². The Balaban J connectivity index is 2.09. The zero-order chi connectivity index (χ0) is 11.8. The van der Waals surface area contributed by atoms with Gasteiger partial charge in [-0.1, -0.05) is 11.4 Å². The summed E-state index contributed by atoms with van der Waals surface area (Å²) in [5.74, 6) is 0.629. The van der Waals surface area contributed by atoms with Gasteiger partial charge in [0, 0.05) is 27.2 Å². The molecule has 2 rings (SSSR count). The molecule has 8 heteroatoms. The topological polar surface area (TPSA) is 44.8 Å². The molecule has 2 radical (unpaired) electrons. The van der Waals surface area contributed by atoms with E-state index in [-0.39, 0.29) is 12.1 Å². The summed E-state index contributed by atoms with van der Waals surface area (Å²) >= 11 is 1.32. The number of hydrogen-bond acceptors (Lipinski definition) is 5. The van der Waals surface area contributed by atoms with Crippen LogP contribution in [-0.2, 0) is 18.3 Å². The van der Waals surface area contributed by atoms with Crippen LogP contribution in [0, 0.1) is 0 Å². The fourth-order valence-electron chi connectivity index (χ4n) is 1.93. The molecule has 0 saturated carbocycles. The third-order valence-electron chi connectivity index (χ3n) is 2.77. The molecule has 0 amide bonds. The third kappa shape index (κ3) is 2.68. The monoisotopic (exact) mass is 280 g/mol. The van der Waals surface area contributed by atoms with Crippen molar-refractivity contribution < 1.29 is 18.3 Å². The summed E-state index contributed by atoms with van der Waals surface area (Å²) in [5.41, 5.74) is -0.503. The molecule has 2 aliphatic heterocycles. The molecular formula is C8H15BO4P2S. The molecule has 2 fully saturated rings. The summed E-state index contributed by atoms with van der Waals surface area (Å²) in [5, 5.41) is 0. The first kappa shape index (κ1) is 13.4. The van der Waals surface area contributed by atoms with Crippen LogP contribution >= 0.6 is 26.8 Å². The molecule has 0 bridgehead atoms. The first-order valence-corrected chi connectivity index (χ1v) is 10.2. The Morgan fingerprint density at radius 1 is 1.69 bits per heavy atom. The minimum atomic E-state index is -2.49. The Hall–Kier alpha value is 0.955. The Bertz CT molecular complexity index is 304. The van der Waals surface area contributed by atoms with Crippen LogP contribution < -0.4 is 0 Å². The molecule has 2 unspecified atom stereocenters. The van der Waals surface area contributed by atoms with Gasteiger partial charge in [0.05, 0.1) is 12.7 Å². The highest BCUT2D eigenvalue weighted by atomic mass is 32.7. The predicted octanol–water partition coefficient (Wildman–Crippen LogP) is 1.83. The van der Waals surface area contributed by atoms with E-state index >= 15 is 0 Å². The van der Waals surface area contributed by atoms with Crippen molar-refractivity contribution in [2.45, 2.75) is 24.1 Å². The Morgan fingerprint density at radius 2 is 2.44 bits per heavy atom. The number of hydrogen-bond donors (Lipinski definition) is 0. The highest BCUT2D eigenvalue weighted by Gasteiger charge is 2.52. The van der Waals surface area contributed by atoms with Crippen molar-refractivity contribution in [1.82, 2.24) is 0 Å². The Morgan fingerprint density at radius 3 is 3.00 bits per heavy atom. The van der Waals surface area contributed by atoms with Gasteiger partial charge in [-0.2, -0.15) is 0 Å². The van der Waals surface area contributed by atoms with Crippen LogP contribution in [0.3, 0.4) is 0 Å². The standard InChI is InChI=1S/C8H15BO4P2S/c1-14-13-6-3-7(9)12-8(6)4-11-15(2,10)16-5-8/h6-7,14H,3-5H2,1-2H3/t6-,7-,8-,15?/m1/s1. The molecule has 90 valence electrons. The number of ether oxygens (including phenoxy) is 1. The van der Waals surface area contributed by atoms with E-state index in [0.717, 1.165) is 0 Å². The van der Waals surface area contributed by atoms with E-state index in [0.29, 0.717) is 27.6 Å². The molecule has 4 nitrogen and oxygen atoms in total. The fraction of sp³-hybridized carbons (Fsp3) is 1.00. The molecule has 0 aromatic rings. The van der Waals surface area contributed by atoms with Crippen molar-refractivity contribution in [3.63, 3.8) is 0 Å². The van der Waals surface area contributed by atoms with Crippen LogP contribution in [0.25, 0.3) is 0 Å². The summed E-state index contributed by atoms with van der Waals surface area (Å²) in [6.07, 6.45) is 0.636. The molecular weight excluding hydrogens is 265 g/mol. The first-order valence-electron chi connectivity index (χ1n) is 5.10. The second-order valence-electron chi connectivity index (χ2n) is 4.09. The molecule has 0 aromatic heterocycles. The van der Waals surface area contributed by atoms with E-state index in [4.69, 9.17) is 21.6 Å². The van der Waals surface area contributed by atoms with Crippen LogP contribution in [0.5, 0.6) is 0 Å². The van der Waals surface area contributed by atoms with Crippen molar-refractivity contribution in [3.05, 3.63) is 0 Å². The summed E-state index contributed by atoms with van der Waals surface area (Å²) < 4.78 is 28.5. The molecule has 0 aromatic carbocycles. The van der Waals surface area contributed by atoms with Crippen molar-refractivity contribution in [2.75, 3.05) is 25.7 Å². The zero-order valence-electron chi connectivity index (χ0n) is 9.34. The zero-order valence-corrected chi connectivity index (χ0v) is 12.1. The van der Waals surface area contributed by atoms with Gasteiger partial charge in [0.2, 0.25) is 0 Å². The molecule has 16 heavy (non-hydrogen) atoms. The van der Waals surface area contributed by atoms with Gasteiger partial charge in [0.1, 0.15) is 13.4 Å². The van der Waals surface area contributed by atoms with Gasteiger partial charge in [-0.3, -0.25) is 4.57 Å². The lowest BCUT2D eigenvalue weighted by Gasteiger charge is -2.38. The second-order valence-corrected chi connectivity index (χ2v) is 9.84. The maximum atomic E-state index is 11.7. The maximum Gasteiger partial charge on any atom is 0.254 e. The predicted molar refractivity (Wildman–Crippen MR) is 69.0 cm³/mol. The number of rotatable bonds is 2. The summed E-state index contributed by atoms with van der Waals surface area (Å²) in [7, 11) is 6.19. The van der Waals surface area contributed by atoms with E-state index in [1.165, 1.54) is 11.4 Å². The first-order chi connectivity index (χ1) is 7.47. The van der Waals surface area contributed by atoms with E-state index < -0.39 is 12.2 Å². The smallest absolute Gasteiger partial charge is 0.254 e. The van der Waals surface area contributed by atoms with Crippen LogP contribution in [0.1, 0.15) is 6.42 Å². The lowest BCUT2D eigenvalue weighted by atomic mass is 9.93. The minimum absolute atomic E-state index is 0.0429. The normalized spacial score (nSPS) is 49.4. The maximum absolute atomic E-state index is 11.7. The lowest BCUT2D eigenvalue weighted by molar-refractivity contribution is -0.0648. The van der Waals surface area contributed by atoms with Crippen LogP contribution in [0.2, 0.25) is 0 Å². The van der Waals surface area contributed by atoms with Gasteiger partial charge in [0.25, 0.3) is 6.57 Å². The SMILES string of the molecule is [B][C@H]1C[C@@H](OPC)[C@]2(COP(C)(=O)SC2)O1. The van der Waals surface area contributed by atoms with Gasteiger partial charge in [0.15, 0.2) is 0 Å².